The standard InChI is InChI=1S/C10H14N2S2/c1-7(2)9-6-14-10(12-9)11-8-3-4-13-5-8/h3-5,7,9H,6H2,1-2H3,(H,11,12)/t9-/m1/s1. The van der Waals surface area contributed by atoms with Crippen LogP contribution in [0.25, 0.3) is 0 Å². The Kier molecular flexibility index (Phi) is 3.13. The monoisotopic (exact) mass is 226 g/mol. The molecule has 0 saturated carbocycles. The van der Waals surface area contributed by atoms with Crippen LogP contribution in [0.5, 0.6) is 0 Å². The minimum atomic E-state index is 0.487. The van der Waals surface area contributed by atoms with E-state index < -0.39 is 0 Å². The van der Waals surface area contributed by atoms with Crippen LogP contribution in [0.2, 0.25) is 0 Å². The highest BCUT2D eigenvalue weighted by Crippen LogP contribution is 2.24. The Morgan fingerprint density at radius 3 is 3.00 bits per heavy atom. The van der Waals surface area contributed by atoms with Crippen molar-refractivity contribution in [2.45, 2.75) is 19.9 Å². The van der Waals surface area contributed by atoms with Gasteiger partial charge in [-0.3, -0.25) is 4.99 Å². The van der Waals surface area contributed by atoms with Gasteiger partial charge < -0.3 is 5.32 Å². The van der Waals surface area contributed by atoms with Gasteiger partial charge in [0.15, 0.2) is 5.17 Å². The first-order valence-corrected chi connectivity index (χ1v) is 6.68. The van der Waals surface area contributed by atoms with Crippen LogP contribution in [0.15, 0.2) is 21.8 Å². The van der Waals surface area contributed by atoms with Crippen molar-refractivity contribution in [3.8, 4) is 0 Å². The molecule has 1 aliphatic rings. The number of rotatable bonds is 2. The molecule has 0 aromatic carbocycles. The maximum absolute atomic E-state index is 4.64. The molecule has 0 bridgehead atoms. The van der Waals surface area contributed by atoms with Gasteiger partial charge in [0, 0.05) is 11.1 Å². The number of hydrogen-bond acceptors (Lipinski definition) is 4. The van der Waals surface area contributed by atoms with Crippen LogP contribution in [-0.2, 0) is 0 Å². The van der Waals surface area contributed by atoms with Gasteiger partial charge in [-0.25, -0.2) is 0 Å². The molecule has 1 aromatic heterocycles. The normalized spacial score (nSPS) is 21.4. The summed E-state index contributed by atoms with van der Waals surface area (Å²) >= 11 is 3.52. The average Bonchev–Trinajstić information content (AvgIpc) is 2.75. The van der Waals surface area contributed by atoms with Crippen LogP contribution in [0, 0.1) is 5.92 Å². The molecule has 0 fully saturated rings. The van der Waals surface area contributed by atoms with E-state index in [2.05, 4.69) is 41.0 Å². The SMILES string of the molecule is CC(C)[C@H]1CSC(Nc2ccsc2)=N1. The van der Waals surface area contributed by atoms with E-state index in [0.29, 0.717) is 12.0 Å². The largest absolute Gasteiger partial charge is 0.334 e. The highest BCUT2D eigenvalue weighted by Gasteiger charge is 2.20. The smallest absolute Gasteiger partial charge is 0.161 e. The summed E-state index contributed by atoms with van der Waals surface area (Å²) in [5, 5.41) is 8.58. The molecule has 2 heterocycles. The van der Waals surface area contributed by atoms with Gasteiger partial charge in [0.2, 0.25) is 0 Å². The number of aliphatic imine (C=N–C) groups is 1. The van der Waals surface area contributed by atoms with Crippen LogP contribution in [0.1, 0.15) is 13.8 Å². The van der Waals surface area contributed by atoms with Gasteiger partial charge in [0.25, 0.3) is 0 Å². The molecule has 14 heavy (non-hydrogen) atoms. The van der Waals surface area contributed by atoms with Crippen molar-refractivity contribution in [2.24, 2.45) is 10.9 Å². The Morgan fingerprint density at radius 1 is 1.57 bits per heavy atom. The van der Waals surface area contributed by atoms with Gasteiger partial charge in [-0.2, -0.15) is 11.3 Å². The predicted molar refractivity (Wildman–Crippen MR) is 66.5 cm³/mol. The summed E-state index contributed by atoms with van der Waals surface area (Å²) in [5.41, 5.74) is 1.16. The summed E-state index contributed by atoms with van der Waals surface area (Å²) in [6.07, 6.45) is 0. The quantitative estimate of drug-likeness (QED) is 0.837. The number of anilines is 1. The maximum Gasteiger partial charge on any atom is 0.161 e. The van der Waals surface area contributed by atoms with Crippen molar-refractivity contribution >= 4 is 34.0 Å². The second-order valence-corrected chi connectivity index (χ2v) is 5.48. The summed E-state index contributed by atoms with van der Waals surface area (Å²) in [7, 11) is 0. The number of nitrogens with one attached hydrogen (secondary N) is 1. The molecular weight excluding hydrogens is 212 g/mol. The Bertz CT molecular complexity index is 317. The summed E-state index contributed by atoms with van der Waals surface area (Å²) in [4.78, 5) is 4.64. The predicted octanol–water partition coefficient (Wildman–Crippen LogP) is 3.29. The van der Waals surface area contributed by atoms with Gasteiger partial charge in [-0.05, 0) is 17.4 Å². The summed E-state index contributed by atoms with van der Waals surface area (Å²) in [6, 6.07) is 2.57. The lowest BCUT2D eigenvalue weighted by molar-refractivity contribution is 0.543. The van der Waals surface area contributed by atoms with Crippen molar-refractivity contribution in [1.29, 1.82) is 0 Å². The van der Waals surface area contributed by atoms with E-state index in [1.165, 1.54) is 0 Å². The topological polar surface area (TPSA) is 24.4 Å². The van der Waals surface area contributed by atoms with Crippen molar-refractivity contribution in [2.75, 3.05) is 11.1 Å². The highest BCUT2D eigenvalue weighted by atomic mass is 32.2. The molecule has 0 spiro atoms. The highest BCUT2D eigenvalue weighted by molar-refractivity contribution is 8.14. The molecule has 1 N–H and O–H groups in total. The molecule has 0 amide bonds. The van der Waals surface area contributed by atoms with E-state index in [1.54, 1.807) is 11.3 Å². The zero-order valence-corrected chi connectivity index (χ0v) is 9.99. The summed E-state index contributed by atoms with van der Waals surface area (Å²) < 4.78 is 0. The van der Waals surface area contributed by atoms with Gasteiger partial charge in [-0.15, -0.1) is 0 Å². The van der Waals surface area contributed by atoms with E-state index in [0.717, 1.165) is 16.6 Å². The molecule has 1 aromatic rings. The van der Waals surface area contributed by atoms with E-state index >= 15 is 0 Å². The fourth-order valence-electron chi connectivity index (χ4n) is 1.26. The van der Waals surface area contributed by atoms with Crippen molar-refractivity contribution in [1.82, 2.24) is 0 Å². The third kappa shape index (κ3) is 2.30. The zero-order valence-electron chi connectivity index (χ0n) is 8.36. The molecular formula is C10H14N2S2. The first kappa shape index (κ1) is 10.1. The van der Waals surface area contributed by atoms with E-state index in [9.17, 15) is 0 Å². The number of amidine groups is 1. The molecule has 0 aliphatic carbocycles. The molecule has 0 radical (unpaired) electrons. The molecule has 0 saturated heterocycles. The molecule has 0 unspecified atom stereocenters. The van der Waals surface area contributed by atoms with Crippen molar-refractivity contribution < 1.29 is 0 Å². The van der Waals surface area contributed by atoms with E-state index in [-0.39, 0.29) is 0 Å². The fourth-order valence-corrected chi connectivity index (χ4v) is 3.03. The average molecular weight is 226 g/mol. The van der Waals surface area contributed by atoms with Crippen LogP contribution in [0.4, 0.5) is 5.69 Å². The van der Waals surface area contributed by atoms with Crippen LogP contribution >= 0.6 is 23.1 Å². The Hall–Kier alpha value is -0.480. The summed E-state index contributed by atoms with van der Waals surface area (Å²) in [5.74, 6) is 1.76. The summed E-state index contributed by atoms with van der Waals surface area (Å²) in [6.45, 7) is 4.45. The second-order valence-electron chi connectivity index (χ2n) is 3.69. The number of thioether (sulfide) groups is 1. The van der Waals surface area contributed by atoms with E-state index in [4.69, 9.17) is 0 Å². The molecule has 76 valence electrons. The fraction of sp³-hybridized carbons (Fsp3) is 0.500. The third-order valence-corrected chi connectivity index (χ3v) is 3.89. The van der Waals surface area contributed by atoms with Crippen LogP contribution < -0.4 is 5.32 Å². The third-order valence-electron chi connectivity index (χ3n) is 2.22. The Morgan fingerprint density at radius 2 is 2.43 bits per heavy atom. The minimum Gasteiger partial charge on any atom is -0.334 e. The Labute approximate surface area is 92.8 Å². The minimum absolute atomic E-state index is 0.487. The number of hydrogen-bond donors (Lipinski definition) is 1. The van der Waals surface area contributed by atoms with Crippen molar-refractivity contribution in [3.05, 3.63) is 16.8 Å². The zero-order chi connectivity index (χ0) is 9.97. The lowest BCUT2D eigenvalue weighted by atomic mass is 10.1. The van der Waals surface area contributed by atoms with E-state index in [1.807, 2.05) is 11.8 Å². The first-order valence-electron chi connectivity index (χ1n) is 4.75. The Balaban J connectivity index is 1.97. The lowest BCUT2D eigenvalue weighted by Gasteiger charge is -2.07. The molecule has 1 aliphatic heterocycles. The number of nitrogens with zero attached hydrogens (tertiary/aromatic N) is 1. The number of thiophene rings is 1. The molecule has 2 nitrogen and oxygen atoms in total. The lowest BCUT2D eigenvalue weighted by Crippen LogP contribution is -2.12. The van der Waals surface area contributed by atoms with Crippen molar-refractivity contribution in [3.63, 3.8) is 0 Å². The first-order chi connectivity index (χ1) is 6.75. The molecule has 1 atom stereocenters. The maximum atomic E-state index is 4.64. The van der Waals surface area contributed by atoms with Gasteiger partial charge in [0.1, 0.15) is 0 Å². The molecule has 4 heteroatoms. The van der Waals surface area contributed by atoms with Gasteiger partial charge >= 0.3 is 0 Å². The van der Waals surface area contributed by atoms with Crippen LogP contribution in [0.3, 0.4) is 0 Å². The van der Waals surface area contributed by atoms with Gasteiger partial charge in [0.05, 0.1) is 11.7 Å². The van der Waals surface area contributed by atoms with Crippen LogP contribution in [-0.4, -0.2) is 17.0 Å². The van der Waals surface area contributed by atoms with Gasteiger partial charge in [-0.1, -0.05) is 25.6 Å². The second kappa shape index (κ2) is 4.36. The molecule has 2 rings (SSSR count).